The molecule has 40 heavy (non-hydrogen) atoms. The highest BCUT2D eigenvalue weighted by Gasteiger charge is 2.27. The minimum atomic E-state index is -0.936. The summed E-state index contributed by atoms with van der Waals surface area (Å²) in [7, 11) is 0. The van der Waals surface area contributed by atoms with Crippen molar-refractivity contribution in [3.05, 3.63) is 70.9 Å². The fourth-order valence-corrected chi connectivity index (χ4v) is 4.88. The number of carbonyl (C=O) groups is 2. The van der Waals surface area contributed by atoms with Gasteiger partial charge in [0.2, 0.25) is 0 Å². The molecule has 1 aliphatic heterocycles. The van der Waals surface area contributed by atoms with Crippen molar-refractivity contribution >= 4 is 11.9 Å². The molecule has 0 aromatic rings. The average Bonchev–Trinajstić information content (AvgIpc) is 2.86. The zero-order chi connectivity index (χ0) is 30.2. The smallest absolute Gasteiger partial charge is 0.331 e. The van der Waals surface area contributed by atoms with E-state index in [1.807, 2.05) is 65.8 Å². The second kappa shape index (κ2) is 18.6. The molecule has 0 amide bonds. The van der Waals surface area contributed by atoms with Crippen LogP contribution in [0.25, 0.3) is 0 Å². The summed E-state index contributed by atoms with van der Waals surface area (Å²) in [5, 5.41) is 30.1. The number of hydrogen-bond acceptors (Lipinski definition) is 5. The summed E-state index contributed by atoms with van der Waals surface area (Å²) in [4.78, 5) is 24.8. The van der Waals surface area contributed by atoms with Crippen molar-refractivity contribution in [3.8, 4) is 0 Å². The summed E-state index contributed by atoms with van der Waals surface area (Å²) in [6.45, 7) is 13.8. The number of carbonyl (C=O) groups excluding carboxylic acids is 1. The maximum Gasteiger partial charge on any atom is 0.331 e. The van der Waals surface area contributed by atoms with Crippen molar-refractivity contribution in [1.82, 2.24) is 0 Å². The summed E-state index contributed by atoms with van der Waals surface area (Å²) in [5.74, 6) is -0.996. The molecule has 6 heteroatoms. The monoisotopic (exact) mass is 556 g/mol. The van der Waals surface area contributed by atoms with Crippen molar-refractivity contribution in [2.45, 2.75) is 112 Å². The number of carboxylic acid groups (broad SMARTS) is 1. The van der Waals surface area contributed by atoms with Gasteiger partial charge in [0.15, 0.2) is 0 Å². The fraction of sp³-hybridized carbons (Fsp3) is 0.588. The van der Waals surface area contributed by atoms with Crippen molar-refractivity contribution in [3.63, 3.8) is 0 Å². The Balaban J connectivity index is 3.08. The summed E-state index contributed by atoms with van der Waals surface area (Å²) >= 11 is 0. The van der Waals surface area contributed by atoms with Crippen LogP contribution >= 0.6 is 0 Å². The molecule has 0 saturated heterocycles. The van der Waals surface area contributed by atoms with Gasteiger partial charge in [0, 0.05) is 18.4 Å². The number of rotatable bonds is 11. The van der Waals surface area contributed by atoms with Gasteiger partial charge in [-0.3, -0.25) is 4.79 Å². The number of ether oxygens (including phenoxy) is 1. The van der Waals surface area contributed by atoms with Gasteiger partial charge in [-0.05, 0) is 70.3 Å². The fourth-order valence-electron chi connectivity index (χ4n) is 4.88. The zero-order valence-electron chi connectivity index (χ0n) is 25.6. The summed E-state index contributed by atoms with van der Waals surface area (Å²) in [6.07, 6.45) is 17.6. The van der Waals surface area contributed by atoms with Gasteiger partial charge < -0.3 is 20.1 Å². The number of hydrogen-bond donors (Lipinski definition) is 3. The summed E-state index contributed by atoms with van der Waals surface area (Å²) in [6, 6.07) is 0. The van der Waals surface area contributed by atoms with E-state index in [0.29, 0.717) is 31.3 Å². The van der Waals surface area contributed by atoms with Gasteiger partial charge >= 0.3 is 11.9 Å². The van der Waals surface area contributed by atoms with Crippen molar-refractivity contribution in [2.24, 2.45) is 17.8 Å². The quantitative estimate of drug-likeness (QED) is 0.107. The molecule has 3 N–H and O–H groups in total. The number of cyclic esters (lactones) is 1. The minimum Gasteiger partial charge on any atom is -0.478 e. The first-order valence-corrected chi connectivity index (χ1v) is 14.7. The molecule has 0 saturated carbocycles. The Hall–Kier alpha value is -2.70. The molecular formula is C34H52O6. The number of allylic oxidation sites excluding steroid dienone is 9. The molecule has 5 atom stereocenters. The Morgan fingerprint density at radius 1 is 1.07 bits per heavy atom. The third-order valence-electron chi connectivity index (χ3n) is 7.27. The van der Waals surface area contributed by atoms with Gasteiger partial charge in [-0.25, -0.2) is 4.79 Å². The second-order valence-electron chi connectivity index (χ2n) is 11.5. The Kier molecular flexibility index (Phi) is 16.4. The number of aliphatic hydroxyl groups excluding tert-OH is 2. The van der Waals surface area contributed by atoms with E-state index in [4.69, 9.17) is 4.74 Å². The normalized spacial score (nSPS) is 25.2. The van der Waals surface area contributed by atoms with Crippen LogP contribution in [0, 0.1) is 17.8 Å². The first-order valence-electron chi connectivity index (χ1n) is 14.7. The number of esters is 1. The SMILES string of the molecule is CCC[C@H](O)[C@@H](O)/C=C(C)/C=C/C=C(C)/C=C(C)/C=C(/C(=O)O)[C@H]1CCCC(=O)O[C@@H](C(C)C)C/C=C/C[C@@H]1C. The Morgan fingerprint density at radius 2 is 1.75 bits per heavy atom. The Morgan fingerprint density at radius 3 is 2.38 bits per heavy atom. The zero-order valence-corrected chi connectivity index (χ0v) is 25.6. The molecule has 6 nitrogen and oxygen atoms in total. The molecule has 0 radical (unpaired) electrons. The van der Waals surface area contributed by atoms with E-state index in [1.54, 1.807) is 12.2 Å². The highest BCUT2D eigenvalue weighted by Crippen LogP contribution is 2.31. The standard InChI is InChI=1S/C34H52O6/c1-8-13-30(35)31(36)22-25(5)15-11-14-24(4)20-26(6)21-29(34(38)39)28-17-12-19-33(37)40-32(23(2)3)18-10-9-16-27(28)7/h9-11,14-15,20-23,27-28,30-32,35-36H,8,12-13,16-19H2,1-7H3,(H,38,39)/b10-9+,15-11+,24-14+,25-22+,26-20+,29-21+/t27-,28-,30-,31-,32+/m0/s1. The molecule has 0 spiro atoms. The molecule has 1 rings (SSSR count). The molecule has 224 valence electrons. The highest BCUT2D eigenvalue weighted by atomic mass is 16.5. The average molecular weight is 557 g/mol. The largest absolute Gasteiger partial charge is 0.478 e. The van der Waals surface area contributed by atoms with Crippen LogP contribution in [0.2, 0.25) is 0 Å². The number of aliphatic carboxylic acids is 1. The van der Waals surface area contributed by atoms with E-state index < -0.39 is 18.2 Å². The third kappa shape index (κ3) is 13.6. The molecule has 0 unspecified atom stereocenters. The minimum absolute atomic E-state index is 0.111. The molecule has 0 fully saturated rings. The van der Waals surface area contributed by atoms with E-state index in [1.165, 1.54) is 0 Å². The van der Waals surface area contributed by atoms with Crippen LogP contribution in [0.1, 0.15) is 93.4 Å². The van der Waals surface area contributed by atoms with Gasteiger partial charge in [-0.15, -0.1) is 0 Å². The summed E-state index contributed by atoms with van der Waals surface area (Å²) in [5.41, 5.74) is 2.99. The van der Waals surface area contributed by atoms with E-state index in [-0.39, 0.29) is 36.2 Å². The molecule has 0 aliphatic carbocycles. The first-order chi connectivity index (χ1) is 18.8. The van der Waals surface area contributed by atoms with Crippen molar-refractivity contribution in [2.75, 3.05) is 0 Å². The second-order valence-corrected chi connectivity index (χ2v) is 11.5. The van der Waals surface area contributed by atoms with Crippen LogP contribution in [-0.4, -0.2) is 45.6 Å². The van der Waals surface area contributed by atoms with Crippen LogP contribution in [0.4, 0.5) is 0 Å². The molecule has 0 aromatic carbocycles. The molecule has 1 heterocycles. The molecular weight excluding hydrogens is 504 g/mol. The predicted molar refractivity (Wildman–Crippen MR) is 163 cm³/mol. The maximum absolute atomic E-state index is 12.4. The Bertz CT molecular complexity index is 994. The lowest BCUT2D eigenvalue weighted by Crippen LogP contribution is -2.24. The number of carboxylic acids is 1. The predicted octanol–water partition coefficient (Wildman–Crippen LogP) is 7.25. The maximum atomic E-state index is 12.4. The molecule has 0 aromatic heterocycles. The van der Waals surface area contributed by atoms with E-state index in [2.05, 4.69) is 19.1 Å². The van der Waals surface area contributed by atoms with Gasteiger partial charge in [-0.1, -0.05) is 93.4 Å². The van der Waals surface area contributed by atoms with E-state index in [9.17, 15) is 24.9 Å². The van der Waals surface area contributed by atoms with Gasteiger partial charge in [0.1, 0.15) is 6.10 Å². The van der Waals surface area contributed by atoms with Crippen LogP contribution in [0.5, 0.6) is 0 Å². The van der Waals surface area contributed by atoms with E-state index >= 15 is 0 Å². The van der Waals surface area contributed by atoms with Crippen LogP contribution in [0.3, 0.4) is 0 Å². The third-order valence-corrected chi connectivity index (χ3v) is 7.27. The lowest BCUT2D eigenvalue weighted by molar-refractivity contribution is -0.151. The van der Waals surface area contributed by atoms with Crippen LogP contribution < -0.4 is 0 Å². The highest BCUT2D eigenvalue weighted by molar-refractivity contribution is 5.88. The molecule has 1 aliphatic rings. The van der Waals surface area contributed by atoms with Crippen molar-refractivity contribution in [1.29, 1.82) is 0 Å². The van der Waals surface area contributed by atoms with Gasteiger partial charge in [0.05, 0.1) is 12.2 Å². The number of aliphatic hydroxyl groups is 2. The first kappa shape index (κ1) is 35.3. The van der Waals surface area contributed by atoms with Crippen LogP contribution in [-0.2, 0) is 14.3 Å². The van der Waals surface area contributed by atoms with Crippen molar-refractivity contribution < 1.29 is 29.6 Å². The van der Waals surface area contributed by atoms with Gasteiger partial charge in [0.25, 0.3) is 0 Å². The summed E-state index contributed by atoms with van der Waals surface area (Å²) < 4.78 is 5.68. The molecule has 0 bridgehead atoms. The van der Waals surface area contributed by atoms with Gasteiger partial charge in [-0.2, -0.15) is 0 Å². The lowest BCUT2D eigenvalue weighted by atomic mass is 9.80. The van der Waals surface area contributed by atoms with E-state index in [0.717, 1.165) is 29.6 Å². The van der Waals surface area contributed by atoms with Crippen LogP contribution in [0.15, 0.2) is 70.9 Å². The Labute approximate surface area is 241 Å². The topological polar surface area (TPSA) is 104 Å². The lowest BCUT2D eigenvalue weighted by Gasteiger charge is -2.26.